The van der Waals surface area contributed by atoms with Gasteiger partial charge in [-0.05, 0) is 33.2 Å². The average molecular weight is 446 g/mol. The maximum atomic E-state index is 6.17. The second-order valence-corrected chi connectivity index (χ2v) is 11.3. The zero-order valence-corrected chi connectivity index (χ0v) is 21.9. The van der Waals surface area contributed by atoms with Crippen molar-refractivity contribution in [3.63, 3.8) is 0 Å². The molecule has 0 rings (SSSR count). The van der Waals surface area contributed by atoms with Gasteiger partial charge in [0.15, 0.2) is 0 Å². The van der Waals surface area contributed by atoms with Crippen LogP contribution in [0, 0.1) is 0 Å². The van der Waals surface area contributed by atoms with Crippen LogP contribution in [0.15, 0.2) is 0 Å². The Morgan fingerprint density at radius 2 is 0.900 bits per heavy atom. The molecule has 2 N–H and O–H groups in total. The van der Waals surface area contributed by atoms with E-state index >= 15 is 0 Å². The van der Waals surface area contributed by atoms with Crippen LogP contribution in [0.25, 0.3) is 0 Å². The Kier molecular flexibility index (Phi) is 23.8. The molecule has 0 radical (unpaired) electrons. The third-order valence-corrected chi connectivity index (χ3v) is 8.80. The molecule has 0 saturated carbocycles. The van der Waals surface area contributed by atoms with Gasteiger partial charge in [-0.3, -0.25) is 0 Å². The summed E-state index contributed by atoms with van der Waals surface area (Å²) in [4.78, 5) is 0. The highest BCUT2D eigenvalue weighted by molar-refractivity contribution is 6.60. The van der Waals surface area contributed by atoms with E-state index in [4.69, 9.17) is 19.0 Å². The second-order valence-electron chi connectivity index (χ2n) is 8.59. The molecule has 0 aromatic rings. The minimum Gasteiger partial charge on any atom is -0.374 e. The van der Waals surface area contributed by atoms with E-state index in [2.05, 4.69) is 6.92 Å². The van der Waals surface area contributed by atoms with Crippen LogP contribution < -0.4 is 5.73 Å². The first-order chi connectivity index (χ1) is 14.7. The number of unbranched alkanes of at least 4 members (excludes halogenated alkanes) is 15. The van der Waals surface area contributed by atoms with Gasteiger partial charge in [-0.25, -0.2) is 0 Å². The molecule has 0 aliphatic carbocycles. The molecule has 0 aromatic carbocycles. The molecule has 182 valence electrons. The molecule has 0 bridgehead atoms. The molecule has 0 spiro atoms. The van der Waals surface area contributed by atoms with Crippen molar-refractivity contribution >= 4 is 8.80 Å². The molecule has 0 atom stereocenters. The Morgan fingerprint density at radius 1 is 0.500 bits per heavy atom. The van der Waals surface area contributed by atoms with Gasteiger partial charge in [0, 0.05) is 25.9 Å². The Hall–Kier alpha value is 0.0569. The summed E-state index contributed by atoms with van der Waals surface area (Å²) < 4.78 is 18.1. The monoisotopic (exact) mass is 445 g/mol. The fourth-order valence-corrected chi connectivity index (χ4v) is 6.63. The quantitative estimate of drug-likeness (QED) is 0.116. The highest BCUT2D eigenvalue weighted by atomic mass is 28.4. The van der Waals surface area contributed by atoms with Gasteiger partial charge < -0.3 is 19.0 Å². The molecule has 0 aliphatic heterocycles. The topological polar surface area (TPSA) is 53.7 Å². The van der Waals surface area contributed by atoms with E-state index in [0.29, 0.717) is 19.8 Å². The minimum absolute atomic E-state index is 0.649. The van der Waals surface area contributed by atoms with Crippen molar-refractivity contribution in [2.45, 2.75) is 136 Å². The maximum absolute atomic E-state index is 6.17. The Morgan fingerprint density at radius 3 is 1.27 bits per heavy atom. The Balaban J connectivity index is 3.51. The predicted molar refractivity (Wildman–Crippen MR) is 133 cm³/mol. The van der Waals surface area contributed by atoms with Crippen LogP contribution in [0.4, 0.5) is 0 Å². The van der Waals surface area contributed by atoms with E-state index in [1.807, 2.05) is 13.8 Å². The van der Waals surface area contributed by atoms with E-state index in [0.717, 1.165) is 25.5 Å². The minimum atomic E-state index is -2.51. The van der Waals surface area contributed by atoms with Crippen molar-refractivity contribution in [3.8, 4) is 0 Å². The van der Waals surface area contributed by atoms with Gasteiger partial charge >= 0.3 is 8.80 Å². The van der Waals surface area contributed by atoms with Crippen LogP contribution >= 0.6 is 0 Å². The van der Waals surface area contributed by atoms with E-state index < -0.39 is 8.80 Å². The van der Waals surface area contributed by atoms with Crippen molar-refractivity contribution < 1.29 is 13.3 Å². The summed E-state index contributed by atoms with van der Waals surface area (Å²) in [6.07, 6.45) is 23.1. The average Bonchev–Trinajstić information content (AvgIpc) is 2.75. The predicted octanol–water partition coefficient (Wildman–Crippen LogP) is 7.63. The van der Waals surface area contributed by atoms with Crippen LogP contribution in [0.1, 0.15) is 130 Å². The lowest BCUT2D eigenvalue weighted by Crippen LogP contribution is -2.46. The van der Waals surface area contributed by atoms with Crippen molar-refractivity contribution in [3.05, 3.63) is 0 Å². The standard InChI is InChI=1S/C25H55NO3Si/c1-4-7-8-9-10-11-12-13-14-15-16-17-18-19-20-21-24-29-30(27-5-2,28-6-3)25-22-23-26/h4-26H2,1-3H3. The van der Waals surface area contributed by atoms with Gasteiger partial charge in [0.1, 0.15) is 0 Å². The van der Waals surface area contributed by atoms with Crippen LogP contribution in [-0.2, 0) is 13.3 Å². The van der Waals surface area contributed by atoms with Crippen molar-refractivity contribution in [2.24, 2.45) is 5.73 Å². The highest BCUT2D eigenvalue weighted by Gasteiger charge is 2.39. The first-order valence-corrected chi connectivity index (χ1v) is 15.3. The summed E-state index contributed by atoms with van der Waals surface area (Å²) >= 11 is 0. The molecule has 0 unspecified atom stereocenters. The Labute approximate surface area is 190 Å². The van der Waals surface area contributed by atoms with Gasteiger partial charge in [0.05, 0.1) is 0 Å². The molecule has 0 amide bonds. The number of hydrogen-bond acceptors (Lipinski definition) is 4. The lowest BCUT2D eigenvalue weighted by atomic mass is 10.0. The van der Waals surface area contributed by atoms with E-state index in [9.17, 15) is 0 Å². The largest absolute Gasteiger partial charge is 0.500 e. The van der Waals surface area contributed by atoms with E-state index in [1.54, 1.807) is 0 Å². The molecule has 0 aliphatic rings. The molecule has 0 aromatic heterocycles. The number of rotatable bonds is 25. The maximum Gasteiger partial charge on any atom is 0.500 e. The summed E-state index contributed by atoms with van der Waals surface area (Å²) in [6, 6.07) is 0.837. The van der Waals surface area contributed by atoms with Crippen molar-refractivity contribution in [2.75, 3.05) is 26.4 Å². The summed E-state index contributed by atoms with van der Waals surface area (Å²) in [5.74, 6) is 0. The molecular weight excluding hydrogens is 390 g/mol. The molecular formula is C25H55NO3Si. The van der Waals surface area contributed by atoms with Gasteiger partial charge in [-0.1, -0.05) is 103 Å². The summed E-state index contributed by atoms with van der Waals surface area (Å²) in [7, 11) is -2.51. The van der Waals surface area contributed by atoms with Crippen LogP contribution in [0.3, 0.4) is 0 Å². The van der Waals surface area contributed by atoms with Gasteiger partial charge in [0.25, 0.3) is 0 Å². The SMILES string of the molecule is CCCCCCCCCCCCCCCCCCO[Si](CCCN)(OCC)OCC. The lowest BCUT2D eigenvalue weighted by Gasteiger charge is -2.28. The van der Waals surface area contributed by atoms with Crippen LogP contribution in [0.2, 0.25) is 6.04 Å². The number of hydrogen-bond donors (Lipinski definition) is 1. The summed E-state index contributed by atoms with van der Waals surface area (Å²) in [5.41, 5.74) is 5.68. The molecule has 0 heterocycles. The molecule has 0 fully saturated rings. The zero-order chi connectivity index (χ0) is 22.2. The first kappa shape index (κ1) is 30.1. The zero-order valence-electron chi connectivity index (χ0n) is 20.9. The fraction of sp³-hybridized carbons (Fsp3) is 1.00. The van der Waals surface area contributed by atoms with Gasteiger partial charge in [-0.15, -0.1) is 0 Å². The summed E-state index contributed by atoms with van der Waals surface area (Å²) in [6.45, 7) is 9.04. The molecule has 0 saturated heterocycles. The highest BCUT2D eigenvalue weighted by Crippen LogP contribution is 2.19. The molecule has 5 heteroatoms. The molecule has 30 heavy (non-hydrogen) atoms. The third kappa shape index (κ3) is 18.8. The molecule has 4 nitrogen and oxygen atoms in total. The smallest absolute Gasteiger partial charge is 0.374 e. The second kappa shape index (κ2) is 23.7. The fourth-order valence-electron chi connectivity index (χ4n) is 3.98. The van der Waals surface area contributed by atoms with Crippen LogP contribution in [0.5, 0.6) is 0 Å². The first-order valence-electron chi connectivity index (χ1n) is 13.4. The summed E-state index contributed by atoms with van der Waals surface area (Å²) in [5, 5.41) is 0. The number of nitrogens with two attached hydrogens (primary N) is 1. The lowest BCUT2D eigenvalue weighted by molar-refractivity contribution is 0.0653. The van der Waals surface area contributed by atoms with Crippen molar-refractivity contribution in [1.82, 2.24) is 0 Å². The normalized spacial score (nSPS) is 12.0. The van der Waals surface area contributed by atoms with Gasteiger partial charge in [0.2, 0.25) is 0 Å². The van der Waals surface area contributed by atoms with E-state index in [-0.39, 0.29) is 0 Å². The van der Waals surface area contributed by atoms with Gasteiger partial charge in [-0.2, -0.15) is 0 Å². The van der Waals surface area contributed by atoms with Crippen molar-refractivity contribution in [1.29, 1.82) is 0 Å². The Bertz CT molecular complexity index is 326. The van der Waals surface area contributed by atoms with E-state index in [1.165, 1.54) is 96.3 Å². The van der Waals surface area contributed by atoms with Crippen LogP contribution in [-0.4, -0.2) is 35.2 Å². The third-order valence-electron chi connectivity index (χ3n) is 5.74.